The van der Waals surface area contributed by atoms with Gasteiger partial charge in [-0.1, -0.05) is 12.1 Å². The Morgan fingerprint density at radius 2 is 1.83 bits per heavy atom. The number of benzene rings is 2. The lowest BCUT2D eigenvalue weighted by Gasteiger charge is -2.21. The molecule has 0 radical (unpaired) electrons. The van der Waals surface area contributed by atoms with Gasteiger partial charge in [-0.05, 0) is 42.8 Å². The zero-order chi connectivity index (χ0) is 16.4. The van der Waals surface area contributed by atoms with Gasteiger partial charge in [0.05, 0.1) is 4.90 Å². The van der Waals surface area contributed by atoms with Crippen LogP contribution >= 0.6 is 0 Å². The normalized spacial score (nSPS) is 15.2. The summed E-state index contributed by atoms with van der Waals surface area (Å²) in [4.78, 5) is -0.109. The first-order valence-electron chi connectivity index (χ1n) is 7.13. The van der Waals surface area contributed by atoms with Crippen molar-refractivity contribution in [3.63, 3.8) is 0 Å². The lowest BCUT2D eigenvalue weighted by molar-refractivity contribution is 0.171. The minimum atomic E-state index is -3.81. The highest BCUT2D eigenvalue weighted by Crippen LogP contribution is 2.32. The second-order valence-electron chi connectivity index (χ2n) is 5.20. The summed E-state index contributed by atoms with van der Waals surface area (Å²) >= 11 is 0. The molecule has 1 heterocycles. The van der Waals surface area contributed by atoms with Gasteiger partial charge in [0.25, 0.3) is 0 Å². The van der Waals surface area contributed by atoms with Crippen molar-refractivity contribution in [3.8, 4) is 11.5 Å². The second kappa shape index (κ2) is 6.17. The van der Waals surface area contributed by atoms with Crippen molar-refractivity contribution < 1.29 is 22.3 Å². The van der Waals surface area contributed by atoms with Gasteiger partial charge in [-0.2, -0.15) is 0 Å². The van der Waals surface area contributed by atoms with Crippen LogP contribution in [-0.4, -0.2) is 21.6 Å². The molecule has 0 aromatic heterocycles. The summed E-state index contributed by atoms with van der Waals surface area (Å²) in [6, 6.07) is 9.65. The van der Waals surface area contributed by atoms with E-state index in [0.717, 1.165) is 11.6 Å². The van der Waals surface area contributed by atoms with E-state index in [1.807, 2.05) is 0 Å². The van der Waals surface area contributed by atoms with Gasteiger partial charge < -0.3 is 9.47 Å². The van der Waals surface area contributed by atoms with Crippen molar-refractivity contribution in [2.75, 3.05) is 13.2 Å². The Morgan fingerprint density at radius 1 is 1.09 bits per heavy atom. The molecule has 1 N–H and O–H groups in total. The molecule has 1 aliphatic heterocycles. The van der Waals surface area contributed by atoms with E-state index in [9.17, 15) is 12.8 Å². The zero-order valence-corrected chi connectivity index (χ0v) is 13.3. The van der Waals surface area contributed by atoms with Gasteiger partial charge in [-0.3, -0.25) is 0 Å². The van der Waals surface area contributed by atoms with Crippen molar-refractivity contribution in [3.05, 3.63) is 53.8 Å². The van der Waals surface area contributed by atoms with E-state index < -0.39 is 21.9 Å². The number of ether oxygens (including phenoxy) is 2. The second-order valence-corrected chi connectivity index (χ2v) is 6.92. The first-order chi connectivity index (χ1) is 11.0. The molecule has 1 atom stereocenters. The van der Waals surface area contributed by atoms with Gasteiger partial charge in [0.2, 0.25) is 10.0 Å². The fourth-order valence-electron chi connectivity index (χ4n) is 2.33. The highest BCUT2D eigenvalue weighted by Gasteiger charge is 2.20. The fourth-order valence-corrected chi connectivity index (χ4v) is 3.60. The summed E-state index contributed by atoms with van der Waals surface area (Å²) in [6.07, 6.45) is 0. The van der Waals surface area contributed by atoms with Crippen molar-refractivity contribution >= 4 is 10.0 Å². The minimum Gasteiger partial charge on any atom is -0.486 e. The molecule has 1 aliphatic rings. The lowest BCUT2D eigenvalue weighted by Crippen LogP contribution is -2.27. The summed E-state index contributed by atoms with van der Waals surface area (Å²) in [5, 5.41) is 0. The molecule has 0 unspecified atom stereocenters. The maximum absolute atomic E-state index is 13.2. The van der Waals surface area contributed by atoms with E-state index in [1.165, 1.54) is 18.2 Å². The van der Waals surface area contributed by atoms with Gasteiger partial charge in [0.1, 0.15) is 19.0 Å². The van der Waals surface area contributed by atoms with Gasteiger partial charge in [-0.25, -0.2) is 17.5 Å². The third kappa shape index (κ3) is 3.46. The highest BCUT2D eigenvalue weighted by atomic mass is 32.2. The van der Waals surface area contributed by atoms with Crippen LogP contribution in [0.25, 0.3) is 0 Å². The number of halogens is 1. The molecule has 0 saturated heterocycles. The average molecular weight is 337 g/mol. The van der Waals surface area contributed by atoms with Crippen LogP contribution in [0, 0.1) is 5.82 Å². The predicted octanol–water partition coefficient (Wildman–Crippen LogP) is 2.64. The van der Waals surface area contributed by atoms with E-state index in [4.69, 9.17) is 9.47 Å². The summed E-state index contributed by atoms with van der Waals surface area (Å²) in [7, 11) is -3.81. The van der Waals surface area contributed by atoms with E-state index in [1.54, 1.807) is 25.1 Å². The summed E-state index contributed by atoms with van der Waals surface area (Å²) in [5.74, 6) is 0.630. The van der Waals surface area contributed by atoms with Crippen LogP contribution in [0.15, 0.2) is 47.4 Å². The number of nitrogens with one attached hydrogen (secondary N) is 1. The van der Waals surface area contributed by atoms with Gasteiger partial charge in [0.15, 0.2) is 11.5 Å². The maximum Gasteiger partial charge on any atom is 0.241 e. The molecule has 2 aromatic carbocycles. The Balaban J connectivity index is 1.82. The highest BCUT2D eigenvalue weighted by molar-refractivity contribution is 7.89. The summed E-state index contributed by atoms with van der Waals surface area (Å²) in [5.41, 5.74) is 0.731. The van der Waals surface area contributed by atoms with E-state index in [0.29, 0.717) is 24.7 Å². The first-order valence-corrected chi connectivity index (χ1v) is 8.61. The molecule has 0 aliphatic carbocycles. The number of fused-ring (bicyclic) bond motifs is 1. The average Bonchev–Trinajstić information content (AvgIpc) is 2.54. The molecule has 23 heavy (non-hydrogen) atoms. The Bertz CT molecular complexity index is 823. The van der Waals surface area contributed by atoms with E-state index in [2.05, 4.69) is 4.72 Å². The molecule has 7 heteroatoms. The smallest absolute Gasteiger partial charge is 0.241 e. The SMILES string of the molecule is C[C@@H](NS(=O)(=O)c1cccc(F)c1)c1ccc2c(c1)OCCO2. The Hall–Kier alpha value is -2.12. The number of rotatable bonds is 4. The topological polar surface area (TPSA) is 64.6 Å². The third-order valence-corrected chi connectivity index (χ3v) is 5.04. The van der Waals surface area contributed by atoms with Crippen LogP contribution in [0.3, 0.4) is 0 Å². The first kappa shape index (κ1) is 15.8. The van der Waals surface area contributed by atoms with Crippen molar-refractivity contribution in [2.24, 2.45) is 0 Å². The molecule has 2 aromatic rings. The van der Waals surface area contributed by atoms with E-state index >= 15 is 0 Å². The Labute approximate surface area is 134 Å². The van der Waals surface area contributed by atoms with Crippen LogP contribution in [0.1, 0.15) is 18.5 Å². The minimum absolute atomic E-state index is 0.109. The molecule has 3 rings (SSSR count). The molecule has 0 saturated carbocycles. The molecule has 0 amide bonds. The van der Waals surface area contributed by atoms with Crippen molar-refractivity contribution in [1.82, 2.24) is 4.72 Å². The maximum atomic E-state index is 13.2. The number of hydrogen-bond acceptors (Lipinski definition) is 4. The third-order valence-electron chi connectivity index (χ3n) is 3.50. The molecule has 122 valence electrons. The zero-order valence-electron chi connectivity index (χ0n) is 12.5. The molecular formula is C16H16FNO4S. The van der Waals surface area contributed by atoms with Gasteiger partial charge in [-0.15, -0.1) is 0 Å². The molecule has 0 bridgehead atoms. The molecular weight excluding hydrogens is 321 g/mol. The molecule has 0 spiro atoms. The largest absolute Gasteiger partial charge is 0.486 e. The summed E-state index contributed by atoms with van der Waals surface area (Å²) in [6.45, 7) is 2.66. The quantitative estimate of drug-likeness (QED) is 0.931. The Kier molecular flexibility index (Phi) is 4.23. The number of sulfonamides is 1. The standard InChI is InChI=1S/C16H16FNO4S/c1-11(12-5-6-15-16(9-12)22-8-7-21-15)18-23(19,20)14-4-2-3-13(17)10-14/h2-6,9-11,18H,7-8H2,1H3/t11-/m1/s1. The lowest BCUT2D eigenvalue weighted by atomic mass is 10.1. The van der Waals surface area contributed by atoms with Crippen molar-refractivity contribution in [1.29, 1.82) is 0 Å². The summed E-state index contributed by atoms with van der Waals surface area (Å²) < 4.78 is 51.3. The van der Waals surface area contributed by atoms with Crippen LogP contribution in [0.5, 0.6) is 11.5 Å². The van der Waals surface area contributed by atoms with Crippen LogP contribution < -0.4 is 14.2 Å². The Morgan fingerprint density at radius 3 is 2.57 bits per heavy atom. The van der Waals surface area contributed by atoms with E-state index in [-0.39, 0.29) is 4.90 Å². The van der Waals surface area contributed by atoms with Gasteiger partial charge >= 0.3 is 0 Å². The molecule has 0 fully saturated rings. The van der Waals surface area contributed by atoms with Crippen LogP contribution in [-0.2, 0) is 10.0 Å². The van der Waals surface area contributed by atoms with Crippen LogP contribution in [0.2, 0.25) is 0 Å². The van der Waals surface area contributed by atoms with Crippen molar-refractivity contribution in [2.45, 2.75) is 17.9 Å². The monoisotopic (exact) mass is 337 g/mol. The molecule has 5 nitrogen and oxygen atoms in total. The number of hydrogen-bond donors (Lipinski definition) is 1. The van der Waals surface area contributed by atoms with Crippen LogP contribution in [0.4, 0.5) is 4.39 Å². The van der Waals surface area contributed by atoms with Gasteiger partial charge in [0, 0.05) is 6.04 Å². The fraction of sp³-hybridized carbons (Fsp3) is 0.250. The predicted molar refractivity (Wildman–Crippen MR) is 82.6 cm³/mol.